The molecule has 0 radical (unpaired) electrons. The molecule has 0 aliphatic heterocycles. The van der Waals surface area contributed by atoms with Gasteiger partial charge in [0.1, 0.15) is 0 Å². The predicted molar refractivity (Wildman–Crippen MR) is 32.4 cm³/mol. The summed E-state index contributed by atoms with van der Waals surface area (Å²) in [5, 5.41) is 25.9. The molecule has 0 bridgehead atoms. The molecule has 0 aromatic carbocycles. The van der Waals surface area contributed by atoms with Crippen LogP contribution in [0.4, 0.5) is 0 Å². The normalized spacial score (nSPS) is 14.2. The van der Waals surface area contributed by atoms with Gasteiger partial charge in [-0.2, -0.15) is 5.06 Å². The second kappa shape index (κ2) is 3.50. The molecule has 0 heterocycles. The summed E-state index contributed by atoms with van der Waals surface area (Å²) in [6, 6.07) is -0.411. The van der Waals surface area contributed by atoms with Gasteiger partial charge in [-0.25, -0.2) is 4.79 Å². The number of rotatable bonds is 3. The highest BCUT2D eigenvalue weighted by molar-refractivity contribution is 5.71. The summed E-state index contributed by atoms with van der Waals surface area (Å²) >= 11 is 0. The van der Waals surface area contributed by atoms with Crippen molar-refractivity contribution < 1.29 is 20.2 Å². The molecule has 0 rings (SSSR count). The van der Waals surface area contributed by atoms with Crippen LogP contribution in [-0.2, 0) is 4.79 Å². The van der Waals surface area contributed by atoms with Gasteiger partial charge in [-0.1, -0.05) is 0 Å². The quantitative estimate of drug-likeness (QED) is 0.372. The third-order valence-electron chi connectivity index (χ3n) is 1.00. The molecule has 0 saturated carbocycles. The Kier molecular flexibility index (Phi) is 3.27. The summed E-state index contributed by atoms with van der Waals surface area (Å²) < 4.78 is 0. The molecular weight excluding hydrogens is 138 g/mol. The van der Waals surface area contributed by atoms with E-state index < -0.39 is 18.2 Å². The number of nitrogens with zero attached hydrogens (tertiary/aromatic N) is 1. The minimum Gasteiger partial charge on any atom is -0.478 e. The number of carbonyl (C=O) groups is 1. The Morgan fingerprint density at radius 3 is 2.00 bits per heavy atom. The van der Waals surface area contributed by atoms with Crippen molar-refractivity contribution in [1.29, 1.82) is 0 Å². The minimum absolute atomic E-state index is 0.363. The second-order valence-electron chi connectivity index (χ2n) is 2.19. The Balaban J connectivity index is 3.94. The van der Waals surface area contributed by atoms with E-state index in [0.29, 0.717) is 5.06 Å². The van der Waals surface area contributed by atoms with E-state index in [2.05, 4.69) is 0 Å². The van der Waals surface area contributed by atoms with Crippen LogP contribution in [0.5, 0.6) is 0 Å². The van der Waals surface area contributed by atoms with Gasteiger partial charge in [-0.3, -0.25) is 0 Å². The molecule has 0 spiro atoms. The summed E-state index contributed by atoms with van der Waals surface area (Å²) in [4.78, 5) is 9.99. The molecule has 0 aliphatic rings. The standard InChI is InChI=1S/C5H11NO4/c1-3(2)6(10)4(7)5(8)9/h3-4,7,10H,1-2H3,(H,8,9). The molecular formula is C5H11NO4. The fraction of sp³-hybridized carbons (Fsp3) is 0.800. The number of hydroxylamine groups is 2. The number of aliphatic hydroxyl groups is 1. The van der Waals surface area contributed by atoms with Crippen LogP contribution in [0, 0.1) is 0 Å². The van der Waals surface area contributed by atoms with Crippen molar-refractivity contribution in [3.63, 3.8) is 0 Å². The zero-order valence-corrected chi connectivity index (χ0v) is 5.85. The molecule has 5 heteroatoms. The lowest BCUT2D eigenvalue weighted by Gasteiger charge is -2.20. The van der Waals surface area contributed by atoms with Crippen molar-refractivity contribution in [3.8, 4) is 0 Å². The van der Waals surface area contributed by atoms with Crippen molar-refractivity contribution in [3.05, 3.63) is 0 Å². The highest BCUT2D eigenvalue weighted by atomic mass is 16.5. The van der Waals surface area contributed by atoms with Crippen molar-refractivity contribution in [1.82, 2.24) is 5.06 Å². The van der Waals surface area contributed by atoms with Crippen LogP contribution in [0.3, 0.4) is 0 Å². The van der Waals surface area contributed by atoms with Gasteiger partial charge in [0, 0.05) is 6.04 Å². The largest absolute Gasteiger partial charge is 0.478 e. The van der Waals surface area contributed by atoms with Crippen LogP contribution in [0.2, 0.25) is 0 Å². The van der Waals surface area contributed by atoms with Crippen molar-refractivity contribution >= 4 is 5.97 Å². The zero-order valence-electron chi connectivity index (χ0n) is 5.85. The smallest absolute Gasteiger partial charge is 0.350 e. The molecule has 3 N–H and O–H groups in total. The van der Waals surface area contributed by atoms with Crippen LogP contribution in [0.1, 0.15) is 13.8 Å². The van der Waals surface area contributed by atoms with E-state index in [1.54, 1.807) is 13.8 Å². The summed E-state index contributed by atoms with van der Waals surface area (Å²) in [6.45, 7) is 3.12. The average molecular weight is 149 g/mol. The third-order valence-corrected chi connectivity index (χ3v) is 1.00. The van der Waals surface area contributed by atoms with E-state index >= 15 is 0 Å². The Bertz CT molecular complexity index is 125. The fourth-order valence-corrected chi connectivity index (χ4v) is 0.396. The SMILES string of the molecule is CC(C)N(O)C(O)C(=O)O. The van der Waals surface area contributed by atoms with Crippen LogP contribution >= 0.6 is 0 Å². The van der Waals surface area contributed by atoms with Gasteiger partial charge in [-0.15, -0.1) is 0 Å². The summed E-state index contributed by atoms with van der Waals surface area (Å²) in [5.41, 5.74) is 0. The van der Waals surface area contributed by atoms with E-state index in [-0.39, 0.29) is 0 Å². The summed E-state index contributed by atoms with van der Waals surface area (Å²) in [5.74, 6) is -1.46. The highest BCUT2D eigenvalue weighted by Crippen LogP contribution is 1.97. The van der Waals surface area contributed by atoms with E-state index in [1.807, 2.05) is 0 Å². The Morgan fingerprint density at radius 2 is 1.90 bits per heavy atom. The first kappa shape index (κ1) is 9.35. The topological polar surface area (TPSA) is 81.0 Å². The highest BCUT2D eigenvalue weighted by Gasteiger charge is 2.22. The summed E-state index contributed by atoms with van der Waals surface area (Å²) in [7, 11) is 0. The molecule has 1 unspecified atom stereocenters. The maximum absolute atomic E-state index is 9.99. The average Bonchev–Trinajstić information content (AvgIpc) is 1.84. The van der Waals surface area contributed by atoms with E-state index in [9.17, 15) is 4.79 Å². The van der Waals surface area contributed by atoms with Crippen molar-refractivity contribution in [2.24, 2.45) is 0 Å². The first-order valence-corrected chi connectivity index (χ1v) is 2.85. The number of aliphatic hydroxyl groups excluding tert-OH is 1. The third kappa shape index (κ3) is 2.30. The number of hydrogen-bond donors (Lipinski definition) is 3. The Morgan fingerprint density at radius 1 is 1.50 bits per heavy atom. The molecule has 60 valence electrons. The van der Waals surface area contributed by atoms with Gasteiger partial charge in [-0.05, 0) is 13.8 Å². The fourth-order valence-electron chi connectivity index (χ4n) is 0.396. The summed E-state index contributed by atoms with van der Waals surface area (Å²) in [6.07, 6.45) is -1.83. The lowest BCUT2D eigenvalue weighted by Crippen LogP contribution is -2.42. The Hall–Kier alpha value is -0.650. The van der Waals surface area contributed by atoms with Crippen LogP contribution < -0.4 is 0 Å². The monoisotopic (exact) mass is 149 g/mol. The van der Waals surface area contributed by atoms with Crippen molar-refractivity contribution in [2.75, 3.05) is 0 Å². The molecule has 0 aliphatic carbocycles. The predicted octanol–water partition coefficient (Wildman–Crippen LogP) is -0.511. The Labute approximate surface area is 58.5 Å². The van der Waals surface area contributed by atoms with Gasteiger partial charge in [0.15, 0.2) is 0 Å². The molecule has 5 nitrogen and oxygen atoms in total. The molecule has 0 aromatic heterocycles. The first-order chi connectivity index (χ1) is 4.46. The van der Waals surface area contributed by atoms with Crippen LogP contribution in [0.25, 0.3) is 0 Å². The zero-order chi connectivity index (χ0) is 8.31. The number of aliphatic carboxylic acids is 1. The maximum Gasteiger partial charge on any atom is 0.350 e. The number of carboxylic acids is 1. The van der Waals surface area contributed by atoms with Gasteiger partial charge in [0.05, 0.1) is 0 Å². The molecule has 10 heavy (non-hydrogen) atoms. The number of hydrogen-bond acceptors (Lipinski definition) is 4. The van der Waals surface area contributed by atoms with Gasteiger partial charge in [0.25, 0.3) is 0 Å². The molecule has 0 aromatic rings. The van der Waals surface area contributed by atoms with E-state index in [0.717, 1.165) is 0 Å². The maximum atomic E-state index is 9.99. The second-order valence-corrected chi connectivity index (χ2v) is 2.19. The molecule has 1 atom stereocenters. The van der Waals surface area contributed by atoms with E-state index in [1.165, 1.54) is 0 Å². The van der Waals surface area contributed by atoms with Crippen LogP contribution in [0.15, 0.2) is 0 Å². The van der Waals surface area contributed by atoms with Crippen molar-refractivity contribution in [2.45, 2.75) is 26.1 Å². The minimum atomic E-state index is -1.83. The van der Waals surface area contributed by atoms with Gasteiger partial charge in [0.2, 0.25) is 6.23 Å². The van der Waals surface area contributed by atoms with Gasteiger partial charge < -0.3 is 15.4 Å². The van der Waals surface area contributed by atoms with E-state index in [4.69, 9.17) is 15.4 Å². The lowest BCUT2D eigenvalue weighted by atomic mass is 10.3. The first-order valence-electron chi connectivity index (χ1n) is 2.85. The number of carboxylic acid groups (broad SMARTS) is 1. The molecule has 0 fully saturated rings. The van der Waals surface area contributed by atoms with Gasteiger partial charge >= 0.3 is 5.97 Å². The molecule has 0 amide bonds. The molecule has 0 saturated heterocycles. The lowest BCUT2D eigenvalue weighted by molar-refractivity contribution is -0.224. The van der Waals surface area contributed by atoms with Crippen LogP contribution in [-0.4, -0.2) is 38.7 Å².